The molecule has 0 bridgehead atoms. The molecule has 4 N–H and O–H groups in total. The summed E-state index contributed by atoms with van der Waals surface area (Å²) in [5.74, 6) is -0.417. The summed E-state index contributed by atoms with van der Waals surface area (Å²) < 4.78 is 0. The van der Waals surface area contributed by atoms with E-state index in [1.165, 1.54) is 0 Å². The molecule has 0 spiro atoms. The Balaban J connectivity index is 1.69. The number of aliphatic hydroxyl groups excluding tert-OH is 2. The molecule has 2 rings (SSSR count). The van der Waals surface area contributed by atoms with Crippen molar-refractivity contribution in [1.29, 1.82) is 0 Å². The van der Waals surface area contributed by atoms with E-state index in [0.29, 0.717) is 12.8 Å². The highest BCUT2D eigenvalue weighted by Crippen LogP contribution is 2.42. The zero-order valence-corrected chi connectivity index (χ0v) is 20.6. The van der Waals surface area contributed by atoms with E-state index in [-0.39, 0.29) is 35.9 Å². The maximum absolute atomic E-state index is 11.3. The SMILES string of the molecule is CC(C)(CCCC1CCC(CCC2CCC(CCCC(C)(C)C(=O)O)C2O)C1O)C(=O)O. The van der Waals surface area contributed by atoms with Crippen molar-refractivity contribution < 1.29 is 30.0 Å². The molecule has 0 aromatic carbocycles. The maximum Gasteiger partial charge on any atom is 0.309 e. The molecular formula is C26H46O6. The highest BCUT2D eigenvalue weighted by Gasteiger charge is 2.38. The van der Waals surface area contributed by atoms with Crippen LogP contribution in [0.25, 0.3) is 0 Å². The molecule has 6 atom stereocenters. The molecule has 0 aromatic heterocycles. The van der Waals surface area contributed by atoms with E-state index >= 15 is 0 Å². The topological polar surface area (TPSA) is 115 Å². The average molecular weight is 455 g/mol. The fourth-order valence-electron chi connectivity index (χ4n) is 5.82. The first-order chi connectivity index (χ1) is 14.8. The van der Waals surface area contributed by atoms with Gasteiger partial charge in [-0.2, -0.15) is 0 Å². The van der Waals surface area contributed by atoms with Crippen LogP contribution in [0.5, 0.6) is 0 Å². The van der Waals surface area contributed by atoms with E-state index in [2.05, 4.69) is 0 Å². The van der Waals surface area contributed by atoms with Gasteiger partial charge in [0.2, 0.25) is 0 Å². The quantitative estimate of drug-likeness (QED) is 0.308. The van der Waals surface area contributed by atoms with Crippen LogP contribution in [0.1, 0.15) is 105 Å². The Hall–Kier alpha value is -1.14. The number of rotatable bonds is 13. The van der Waals surface area contributed by atoms with Gasteiger partial charge in [0.25, 0.3) is 0 Å². The number of hydrogen-bond acceptors (Lipinski definition) is 4. The van der Waals surface area contributed by atoms with E-state index in [9.17, 15) is 30.0 Å². The summed E-state index contributed by atoms with van der Waals surface area (Å²) in [6.45, 7) is 7.04. The largest absolute Gasteiger partial charge is 0.481 e. The van der Waals surface area contributed by atoms with Crippen molar-refractivity contribution in [2.45, 2.75) is 117 Å². The Morgan fingerprint density at radius 1 is 0.625 bits per heavy atom. The van der Waals surface area contributed by atoms with Gasteiger partial charge in [-0.3, -0.25) is 9.59 Å². The molecule has 0 saturated heterocycles. The minimum atomic E-state index is -0.763. The Labute approximate surface area is 193 Å². The molecule has 2 aliphatic carbocycles. The Bertz CT molecular complexity index is 574. The second-order valence-electron chi connectivity index (χ2n) is 11.9. The minimum absolute atomic E-state index is 0.267. The Morgan fingerprint density at radius 3 is 1.19 bits per heavy atom. The normalized spacial score (nSPS) is 31.2. The molecule has 6 unspecified atom stereocenters. The summed E-state index contributed by atoms with van der Waals surface area (Å²) in [7, 11) is 0. The first-order valence-corrected chi connectivity index (χ1v) is 12.7. The van der Waals surface area contributed by atoms with Gasteiger partial charge in [0.1, 0.15) is 0 Å². The van der Waals surface area contributed by atoms with E-state index in [1.54, 1.807) is 27.7 Å². The van der Waals surface area contributed by atoms with Gasteiger partial charge >= 0.3 is 11.9 Å². The summed E-state index contributed by atoms with van der Waals surface area (Å²) in [4.78, 5) is 22.5. The Morgan fingerprint density at radius 2 is 0.906 bits per heavy atom. The van der Waals surface area contributed by atoms with Crippen molar-refractivity contribution in [3.05, 3.63) is 0 Å². The van der Waals surface area contributed by atoms with Crippen LogP contribution in [0, 0.1) is 34.5 Å². The molecule has 6 heteroatoms. The van der Waals surface area contributed by atoms with Crippen LogP contribution in [0.15, 0.2) is 0 Å². The van der Waals surface area contributed by atoms with Gasteiger partial charge in [-0.05, 0) is 116 Å². The van der Waals surface area contributed by atoms with Crippen LogP contribution in [-0.2, 0) is 9.59 Å². The smallest absolute Gasteiger partial charge is 0.309 e. The molecular weight excluding hydrogens is 408 g/mol. The van der Waals surface area contributed by atoms with Crippen LogP contribution in [0.4, 0.5) is 0 Å². The van der Waals surface area contributed by atoms with Crippen LogP contribution >= 0.6 is 0 Å². The van der Waals surface area contributed by atoms with Gasteiger partial charge in [0.05, 0.1) is 23.0 Å². The van der Waals surface area contributed by atoms with Crippen molar-refractivity contribution in [3.8, 4) is 0 Å². The number of carbonyl (C=O) groups is 2. The zero-order valence-electron chi connectivity index (χ0n) is 20.6. The molecule has 2 saturated carbocycles. The fraction of sp³-hybridized carbons (Fsp3) is 0.923. The third-order valence-corrected chi connectivity index (χ3v) is 8.57. The van der Waals surface area contributed by atoms with Crippen molar-refractivity contribution in [1.82, 2.24) is 0 Å². The minimum Gasteiger partial charge on any atom is -0.481 e. The summed E-state index contributed by atoms with van der Waals surface area (Å²) in [6.07, 6.45) is 10.0. The van der Waals surface area contributed by atoms with E-state index < -0.39 is 22.8 Å². The number of aliphatic carboxylic acids is 2. The number of carboxylic acids is 2. The van der Waals surface area contributed by atoms with Crippen LogP contribution < -0.4 is 0 Å². The predicted molar refractivity (Wildman–Crippen MR) is 124 cm³/mol. The first-order valence-electron chi connectivity index (χ1n) is 12.7. The van der Waals surface area contributed by atoms with Gasteiger partial charge in [-0.25, -0.2) is 0 Å². The lowest BCUT2D eigenvalue weighted by molar-refractivity contribution is -0.148. The molecule has 32 heavy (non-hydrogen) atoms. The van der Waals surface area contributed by atoms with E-state index in [1.807, 2.05) is 0 Å². The fourth-order valence-corrected chi connectivity index (χ4v) is 5.82. The van der Waals surface area contributed by atoms with Gasteiger partial charge in [-0.15, -0.1) is 0 Å². The van der Waals surface area contributed by atoms with Gasteiger partial charge in [-0.1, -0.05) is 12.8 Å². The molecule has 0 heterocycles. The van der Waals surface area contributed by atoms with Crippen molar-refractivity contribution in [3.63, 3.8) is 0 Å². The van der Waals surface area contributed by atoms with E-state index in [4.69, 9.17) is 0 Å². The second-order valence-corrected chi connectivity index (χ2v) is 11.9. The van der Waals surface area contributed by atoms with Crippen LogP contribution in [0.2, 0.25) is 0 Å². The number of hydrogen-bond donors (Lipinski definition) is 4. The summed E-state index contributed by atoms with van der Waals surface area (Å²) in [6, 6.07) is 0. The van der Waals surface area contributed by atoms with Gasteiger partial charge < -0.3 is 20.4 Å². The molecule has 2 aliphatic rings. The third kappa shape index (κ3) is 7.18. The molecule has 2 fully saturated rings. The maximum atomic E-state index is 11.3. The van der Waals surface area contributed by atoms with Gasteiger partial charge in [0, 0.05) is 0 Å². The molecule has 0 radical (unpaired) electrons. The average Bonchev–Trinajstić information content (AvgIpc) is 3.22. The van der Waals surface area contributed by atoms with Gasteiger partial charge in [0.15, 0.2) is 0 Å². The highest BCUT2D eigenvalue weighted by molar-refractivity contribution is 5.73. The van der Waals surface area contributed by atoms with Crippen LogP contribution in [-0.4, -0.2) is 44.6 Å². The van der Waals surface area contributed by atoms with Crippen molar-refractivity contribution in [2.24, 2.45) is 34.5 Å². The predicted octanol–water partition coefficient (Wildman–Crippen LogP) is 5.10. The lowest BCUT2D eigenvalue weighted by Gasteiger charge is -2.25. The zero-order chi connectivity index (χ0) is 24.1. The molecule has 6 nitrogen and oxygen atoms in total. The third-order valence-electron chi connectivity index (χ3n) is 8.57. The number of aliphatic hydroxyl groups is 2. The van der Waals surface area contributed by atoms with E-state index in [0.717, 1.165) is 64.2 Å². The summed E-state index contributed by atoms with van der Waals surface area (Å²) >= 11 is 0. The van der Waals surface area contributed by atoms with Crippen LogP contribution in [0.3, 0.4) is 0 Å². The summed E-state index contributed by atoms with van der Waals surface area (Å²) in [5.41, 5.74) is -1.41. The highest BCUT2D eigenvalue weighted by atomic mass is 16.4. The molecule has 0 amide bonds. The summed E-state index contributed by atoms with van der Waals surface area (Å²) in [5, 5.41) is 40.1. The molecule has 186 valence electrons. The standard InChI is InChI=1S/C26H46O6/c1-25(2,23(29)30)15-5-7-17-9-11-19(21(17)27)13-14-20-12-10-18(22(20)28)8-6-16-26(3,4)24(31)32/h17-22,27-28H,5-16H2,1-4H3,(H,29,30)(H,31,32). The monoisotopic (exact) mass is 454 g/mol. The lowest BCUT2D eigenvalue weighted by Crippen LogP contribution is -2.26. The van der Waals surface area contributed by atoms with Crippen molar-refractivity contribution >= 4 is 11.9 Å². The second kappa shape index (κ2) is 11.3. The Kier molecular flexibility index (Phi) is 9.59. The first kappa shape index (κ1) is 27.1. The van der Waals surface area contributed by atoms with Crippen molar-refractivity contribution in [2.75, 3.05) is 0 Å². The molecule has 0 aliphatic heterocycles. The number of carboxylic acid groups (broad SMARTS) is 2. The lowest BCUT2D eigenvalue weighted by atomic mass is 9.84. The molecule has 0 aromatic rings.